The lowest BCUT2D eigenvalue weighted by Gasteiger charge is -2.18. The van der Waals surface area contributed by atoms with Crippen molar-refractivity contribution in [1.82, 2.24) is 0 Å². The third-order valence-corrected chi connectivity index (χ3v) is 6.75. The van der Waals surface area contributed by atoms with E-state index in [1.807, 2.05) is 80.6 Å². The molecule has 1 unspecified atom stereocenters. The molecule has 0 aliphatic heterocycles. The smallest absolute Gasteiger partial charge is 0.255 e. The minimum Gasteiger partial charge on any atom is -0.325 e. The van der Waals surface area contributed by atoms with Crippen molar-refractivity contribution < 1.29 is 9.59 Å². The van der Waals surface area contributed by atoms with Crippen LogP contribution in [0.3, 0.4) is 0 Å². The minimum absolute atomic E-state index is 0.112. The van der Waals surface area contributed by atoms with Gasteiger partial charge in [-0.2, -0.15) is 0 Å². The molecule has 2 N–H and O–H groups in total. The normalized spacial score (nSPS) is 11.5. The van der Waals surface area contributed by atoms with Crippen LogP contribution in [0.25, 0.3) is 0 Å². The number of hydrogen-bond acceptors (Lipinski definition) is 3. The maximum atomic E-state index is 13.4. The van der Waals surface area contributed by atoms with E-state index in [0.29, 0.717) is 16.3 Å². The Hall–Kier alpha value is -3.54. The van der Waals surface area contributed by atoms with E-state index in [2.05, 4.69) is 16.7 Å². The largest absolute Gasteiger partial charge is 0.325 e. The molecule has 6 heteroatoms. The molecular weight excluding hydrogens is 476 g/mol. The standard InChI is InChI=1S/C29H25ClN2O2S/c1-19-14-20(2)16-25(15-19)32-29(34)27(21-8-4-3-5-9-21)35-26-13-7-12-24(18-26)31-28(33)22-10-6-11-23(30)17-22/h3-18,27H,1-2H3,(H,31,33)(H,32,34). The Kier molecular flexibility index (Phi) is 7.91. The van der Waals surface area contributed by atoms with Crippen molar-refractivity contribution in [3.8, 4) is 0 Å². The summed E-state index contributed by atoms with van der Waals surface area (Å²) in [5.74, 6) is -0.360. The third-order valence-electron chi connectivity index (χ3n) is 5.26. The summed E-state index contributed by atoms with van der Waals surface area (Å²) in [4.78, 5) is 26.9. The fourth-order valence-electron chi connectivity index (χ4n) is 3.77. The summed E-state index contributed by atoms with van der Waals surface area (Å²) in [5.41, 5.74) is 4.97. The molecule has 0 aromatic heterocycles. The monoisotopic (exact) mass is 500 g/mol. The summed E-state index contributed by atoms with van der Waals surface area (Å²) < 4.78 is 0. The molecule has 0 heterocycles. The number of carbonyl (C=O) groups excluding carboxylic acids is 2. The van der Waals surface area contributed by atoms with Crippen LogP contribution < -0.4 is 10.6 Å². The Morgan fingerprint density at radius 2 is 1.46 bits per heavy atom. The van der Waals surface area contributed by atoms with Gasteiger partial charge in [-0.3, -0.25) is 9.59 Å². The van der Waals surface area contributed by atoms with Gasteiger partial charge in [-0.1, -0.05) is 60.1 Å². The molecule has 0 bridgehead atoms. The maximum Gasteiger partial charge on any atom is 0.255 e. The van der Waals surface area contributed by atoms with E-state index in [4.69, 9.17) is 11.6 Å². The molecule has 0 spiro atoms. The summed E-state index contributed by atoms with van der Waals surface area (Å²) in [6.45, 7) is 4.02. The van der Waals surface area contributed by atoms with Crippen molar-refractivity contribution in [3.63, 3.8) is 0 Å². The topological polar surface area (TPSA) is 58.2 Å². The number of aryl methyl sites for hydroxylation is 2. The van der Waals surface area contributed by atoms with Crippen LogP contribution in [0, 0.1) is 13.8 Å². The van der Waals surface area contributed by atoms with Crippen LogP contribution in [0.1, 0.15) is 32.3 Å². The van der Waals surface area contributed by atoms with Crippen molar-refractivity contribution in [2.24, 2.45) is 0 Å². The number of hydrogen-bond donors (Lipinski definition) is 2. The lowest BCUT2D eigenvalue weighted by molar-refractivity contribution is -0.115. The second-order valence-electron chi connectivity index (χ2n) is 8.27. The first-order valence-electron chi connectivity index (χ1n) is 11.1. The van der Waals surface area contributed by atoms with Crippen molar-refractivity contribution in [1.29, 1.82) is 0 Å². The van der Waals surface area contributed by atoms with Crippen molar-refractivity contribution in [2.45, 2.75) is 24.0 Å². The van der Waals surface area contributed by atoms with Gasteiger partial charge in [0.1, 0.15) is 5.25 Å². The van der Waals surface area contributed by atoms with Crippen LogP contribution in [0.4, 0.5) is 11.4 Å². The molecule has 176 valence electrons. The zero-order valence-electron chi connectivity index (χ0n) is 19.4. The molecule has 0 radical (unpaired) electrons. The molecule has 0 saturated carbocycles. The molecule has 1 atom stereocenters. The van der Waals surface area contributed by atoms with Gasteiger partial charge in [0.25, 0.3) is 5.91 Å². The fraction of sp³-hybridized carbons (Fsp3) is 0.103. The van der Waals surface area contributed by atoms with Crippen LogP contribution >= 0.6 is 23.4 Å². The molecule has 4 aromatic carbocycles. The summed E-state index contributed by atoms with van der Waals surface area (Å²) in [6, 6.07) is 29.9. The minimum atomic E-state index is -0.476. The molecule has 35 heavy (non-hydrogen) atoms. The first kappa shape index (κ1) is 24.6. The van der Waals surface area contributed by atoms with Crippen molar-refractivity contribution in [3.05, 3.63) is 124 Å². The number of thioether (sulfide) groups is 1. The van der Waals surface area contributed by atoms with Gasteiger partial charge in [0.2, 0.25) is 5.91 Å². The van der Waals surface area contributed by atoms with Gasteiger partial charge in [-0.15, -0.1) is 11.8 Å². The highest BCUT2D eigenvalue weighted by atomic mass is 35.5. The Bertz CT molecular complexity index is 1340. The zero-order chi connectivity index (χ0) is 24.8. The van der Waals surface area contributed by atoms with Gasteiger partial charge in [-0.25, -0.2) is 0 Å². The van der Waals surface area contributed by atoms with Gasteiger partial charge in [-0.05, 0) is 79.1 Å². The van der Waals surface area contributed by atoms with E-state index in [0.717, 1.165) is 27.3 Å². The molecule has 4 rings (SSSR count). The van der Waals surface area contributed by atoms with E-state index in [1.54, 1.807) is 24.3 Å². The number of amides is 2. The van der Waals surface area contributed by atoms with Crippen molar-refractivity contribution >= 4 is 46.6 Å². The Morgan fingerprint density at radius 3 is 2.17 bits per heavy atom. The Balaban J connectivity index is 1.55. The van der Waals surface area contributed by atoms with Gasteiger partial charge >= 0.3 is 0 Å². The predicted molar refractivity (Wildman–Crippen MR) is 145 cm³/mol. The number of anilines is 2. The lowest BCUT2D eigenvalue weighted by atomic mass is 10.1. The molecule has 0 aliphatic rings. The number of halogens is 1. The van der Waals surface area contributed by atoms with Crippen LogP contribution in [-0.2, 0) is 4.79 Å². The number of rotatable bonds is 7. The first-order valence-corrected chi connectivity index (χ1v) is 12.4. The SMILES string of the molecule is Cc1cc(C)cc(NC(=O)C(Sc2cccc(NC(=O)c3cccc(Cl)c3)c2)c2ccccc2)c1. The lowest BCUT2D eigenvalue weighted by Crippen LogP contribution is -2.19. The fourth-order valence-corrected chi connectivity index (χ4v) is 5.05. The maximum absolute atomic E-state index is 13.4. The Labute approximate surface area is 214 Å². The van der Waals surface area contributed by atoms with E-state index < -0.39 is 5.25 Å². The quantitative estimate of drug-likeness (QED) is 0.256. The van der Waals surface area contributed by atoms with E-state index in [9.17, 15) is 9.59 Å². The van der Waals surface area contributed by atoms with Crippen LogP contribution in [0.15, 0.2) is 102 Å². The van der Waals surface area contributed by atoms with Crippen LogP contribution in [0.2, 0.25) is 5.02 Å². The first-order chi connectivity index (χ1) is 16.9. The predicted octanol–water partition coefficient (Wildman–Crippen LogP) is 7.68. The summed E-state index contributed by atoms with van der Waals surface area (Å²) in [7, 11) is 0. The molecular formula is C29H25ClN2O2S. The molecule has 0 aliphatic carbocycles. The molecule has 0 saturated heterocycles. The average molecular weight is 501 g/mol. The number of carbonyl (C=O) groups is 2. The summed E-state index contributed by atoms with van der Waals surface area (Å²) >= 11 is 7.45. The average Bonchev–Trinajstić information content (AvgIpc) is 2.82. The van der Waals surface area contributed by atoms with Gasteiger partial charge in [0, 0.05) is 26.9 Å². The second-order valence-corrected chi connectivity index (χ2v) is 9.88. The Morgan fingerprint density at radius 1 is 0.743 bits per heavy atom. The molecule has 4 nitrogen and oxygen atoms in total. The highest BCUT2D eigenvalue weighted by Gasteiger charge is 2.22. The van der Waals surface area contributed by atoms with Crippen LogP contribution in [-0.4, -0.2) is 11.8 Å². The molecule has 2 amide bonds. The molecule has 0 fully saturated rings. The number of benzene rings is 4. The van der Waals surface area contributed by atoms with Crippen LogP contribution in [0.5, 0.6) is 0 Å². The third kappa shape index (κ3) is 6.75. The second kappa shape index (κ2) is 11.3. The van der Waals surface area contributed by atoms with Gasteiger partial charge < -0.3 is 10.6 Å². The summed E-state index contributed by atoms with van der Waals surface area (Å²) in [5, 5.41) is 6.01. The van der Waals surface area contributed by atoms with E-state index >= 15 is 0 Å². The van der Waals surface area contributed by atoms with Gasteiger partial charge in [0.15, 0.2) is 0 Å². The highest BCUT2D eigenvalue weighted by molar-refractivity contribution is 8.00. The number of nitrogens with one attached hydrogen (secondary N) is 2. The van der Waals surface area contributed by atoms with E-state index in [1.165, 1.54) is 11.8 Å². The summed E-state index contributed by atoms with van der Waals surface area (Å²) in [6.07, 6.45) is 0. The molecule has 4 aromatic rings. The van der Waals surface area contributed by atoms with Gasteiger partial charge in [0.05, 0.1) is 0 Å². The van der Waals surface area contributed by atoms with Crippen molar-refractivity contribution in [2.75, 3.05) is 10.6 Å². The van der Waals surface area contributed by atoms with E-state index in [-0.39, 0.29) is 11.8 Å². The highest BCUT2D eigenvalue weighted by Crippen LogP contribution is 2.37. The zero-order valence-corrected chi connectivity index (χ0v) is 21.0.